The van der Waals surface area contributed by atoms with Gasteiger partial charge in [0.25, 0.3) is 5.91 Å². The van der Waals surface area contributed by atoms with Crippen LogP contribution in [0.2, 0.25) is 0 Å². The number of anilines is 1. The average molecular weight is 318 g/mol. The van der Waals surface area contributed by atoms with Crippen LogP contribution in [-0.2, 0) is 14.3 Å². The van der Waals surface area contributed by atoms with Crippen LogP contribution < -0.4 is 11.1 Å². The number of nitrogens with two attached hydrogens (primary N) is 1. The van der Waals surface area contributed by atoms with E-state index in [-0.39, 0.29) is 5.97 Å². The van der Waals surface area contributed by atoms with Crippen LogP contribution in [0.5, 0.6) is 0 Å². The molecule has 1 aliphatic rings. The van der Waals surface area contributed by atoms with Gasteiger partial charge in [-0.3, -0.25) is 14.4 Å². The Morgan fingerprint density at radius 1 is 1.22 bits per heavy atom. The zero-order valence-electron chi connectivity index (χ0n) is 13.2. The summed E-state index contributed by atoms with van der Waals surface area (Å²) in [4.78, 5) is 34.8. The molecule has 1 fully saturated rings. The third-order valence-electron chi connectivity index (χ3n) is 4.04. The first-order chi connectivity index (χ1) is 11.0. The third-order valence-corrected chi connectivity index (χ3v) is 4.04. The summed E-state index contributed by atoms with van der Waals surface area (Å²) in [6, 6.07) is 6.19. The molecule has 6 nitrogen and oxygen atoms in total. The minimum Gasteiger partial charge on any atom is -0.453 e. The van der Waals surface area contributed by atoms with Crippen LogP contribution in [0.1, 0.15) is 49.4 Å². The molecule has 1 aliphatic carbocycles. The number of ether oxygens (including phenoxy) is 1. The topological polar surface area (TPSA) is 98.5 Å². The van der Waals surface area contributed by atoms with Crippen molar-refractivity contribution >= 4 is 23.5 Å². The van der Waals surface area contributed by atoms with Crippen LogP contribution in [0.3, 0.4) is 0 Å². The Morgan fingerprint density at radius 3 is 2.39 bits per heavy atom. The van der Waals surface area contributed by atoms with Gasteiger partial charge in [0.15, 0.2) is 6.10 Å². The lowest BCUT2D eigenvalue weighted by atomic mass is 10.0. The summed E-state index contributed by atoms with van der Waals surface area (Å²) in [5.74, 6) is -0.878. The summed E-state index contributed by atoms with van der Waals surface area (Å²) in [6.45, 7) is 1.54. The lowest BCUT2D eigenvalue weighted by Gasteiger charge is -2.15. The summed E-state index contributed by atoms with van der Waals surface area (Å²) in [7, 11) is 0. The number of benzene rings is 1. The van der Waals surface area contributed by atoms with E-state index in [0.717, 1.165) is 25.7 Å². The normalized spacial score (nSPS) is 15.9. The van der Waals surface area contributed by atoms with Crippen molar-refractivity contribution in [3.05, 3.63) is 29.8 Å². The Labute approximate surface area is 135 Å². The first kappa shape index (κ1) is 17.0. The highest BCUT2D eigenvalue weighted by molar-refractivity contribution is 5.96. The van der Waals surface area contributed by atoms with Gasteiger partial charge < -0.3 is 15.8 Å². The number of primary amides is 1. The van der Waals surface area contributed by atoms with E-state index in [1.807, 2.05) is 0 Å². The lowest BCUT2D eigenvalue weighted by Crippen LogP contribution is -2.30. The van der Waals surface area contributed by atoms with E-state index in [1.165, 1.54) is 12.1 Å². The Balaban J connectivity index is 1.81. The van der Waals surface area contributed by atoms with Gasteiger partial charge in [0, 0.05) is 17.7 Å². The Morgan fingerprint density at radius 2 is 1.83 bits per heavy atom. The molecule has 0 aliphatic heterocycles. The fraction of sp³-hybridized carbons (Fsp3) is 0.471. The predicted molar refractivity (Wildman–Crippen MR) is 85.7 cm³/mol. The van der Waals surface area contributed by atoms with E-state index in [2.05, 4.69) is 5.32 Å². The number of carbonyl (C=O) groups is 3. The van der Waals surface area contributed by atoms with Crippen molar-refractivity contribution in [1.29, 1.82) is 0 Å². The number of hydrogen-bond donors (Lipinski definition) is 2. The second-order valence-electron chi connectivity index (χ2n) is 5.92. The summed E-state index contributed by atoms with van der Waals surface area (Å²) in [5.41, 5.74) is 6.02. The standard InChI is InChI=1S/C17H22N2O4/c1-11(23-15(20)10-12-4-2-3-5-12)17(22)19-14-8-6-13(7-9-14)16(18)21/h6-9,11-12H,2-5,10H2,1H3,(H2,18,21)(H,19,22)/t11-/m0/s1. The summed E-state index contributed by atoms with van der Waals surface area (Å²) in [5, 5.41) is 2.64. The Kier molecular flexibility index (Phi) is 5.73. The zero-order valence-corrected chi connectivity index (χ0v) is 13.2. The van der Waals surface area contributed by atoms with Crippen LogP contribution in [0.4, 0.5) is 5.69 Å². The SMILES string of the molecule is C[C@H](OC(=O)CC1CCCC1)C(=O)Nc1ccc(C(N)=O)cc1. The molecule has 3 N–H and O–H groups in total. The highest BCUT2D eigenvalue weighted by atomic mass is 16.5. The van der Waals surface area contributed by atoms with Gasteiger partial charge in [0.1, 0.15) is 0 Å². The third kappa shape index (κ3) is 5.09. The smallest absolute Gasteiger partial charge is 0.306 e. The van der Waals surface area contributed by atoms with Crippen molar-refractivity contribution in [3.8, 4) is 0 Å². The van der Waals surface area contributed by atoms with E-state index >= 15 is 0 Å². The molecule has 0 bridgehead atoms. The molecule has 23 heavy (non-hydrogen) atoms. The van der Waals surface area contributed by atoms with Crippen molar-refractivity contribution in [1.82, 2.24) is 0 Å². The van der Waals surface area contributed by atoms with Gasteiger partial charge in [-0.25, -0.2) is 0 Å². The van der Waals surface area contributed by atoms with Gasteiger partial charge in [0.05, 0.1) is 0 Å². The molecular weight excluding hydrogens is 296 g/mol. The second-order valence-corrected chi connectivity index (χ2v) is 5.92. The van der Waals surface area contributed by atoms with Gasteiger partial charge in [0.2, 0.25) is 5.91 Å². The van der Waals surface area contributed by atoms with Gasteiger partial charge in [-0.05, 0) is 49.9 Å². The maximum absolute atomic E-state index is 12.0. The fourth-order valence-corrected chi connectivity index (χ4v) is 2.71. The van der Waals surface area contributed by atoms with Crippen molar-refractivity contribution in [2.24, 2.45) is 11.7 Å². The molecule has 0 unspecified atom stereocenters. The van der Waals surface area contributed by atoms with Gasteiger partial charge >= 0.3 is 5.97 Å². The highest BCUT2D eigenvalue weighted by Crippen LogP contribution is 2.27. The van der Waals surface area contributed by atoms with Gasteiger partial charge in [-0.1, -0.05) is 12.8 Å². The number of rotatable bonds is 6. The van der Waals surface area contributed by atoms with Crippen LogP contribution in [0, 0.1) is 5.92 Å². The molecule has 1 atom stereocenters. The van der Waals surface area contributed by atoms with Crippen molar-refractivity contribution in [2.45, 2.75) is 45.1 Å². The molecule has 0 radical (unpaired) electrons. The number of hydrogen-bond acceptors (Lipinski definition) is 4. The molecule has 6 heteroatoms. The maximum atomic E-state index is 12.0. The highest BCUT2D eigenvalue weighted by Gasteiger charge is 2.23. The summed E-state index contributed by atoms with van der Waals surface area (Å²) in [6.07, 6.45) is 3.96. The van der Waals surface area contributed by atoms with E-state index < -0.39 is 17.9 Å². The van der Waals surface area contributed by atoms with E-state index in [0.29, 0.717) is 23.6 Å². The van der Waals surface area contributed by atoms with Gasteiger partial charge in [-0.15, -0.1) is 0 Å². The molecule has 1 aromatic rings. The molecule has 1 saturated carbocycles. The number of esters is 1. The Hall–Kier alpha value is -2.37. The summed E-state index contributed by atoms with van der Waals surface area (Å²) < 4.78 is 5.18. The van der Waals surface area contributed by atoms with Crippen LogP contribution in [0.15, 0.2) is 24.3 Å². The van der Waals surface area contributed by atoms with Crippen molar-refractivity contribution < 1.29 is 19.1 Å². The quantitative estimate of drug-likeness (QED) is 0.786. The average Bonchev–Trinajstić information content (AvgIpc) is 3.00. The van der Waals surface area contributed by atoms with E-state index in [4.69, 9.17) is 10.5 Å². The first-order valence-electron chi connectivity index (χ1n) is 7.86. The van der Waals surface area contributed by atoms with Crippen LogP contribution in [-0.4, -0.2) is 23.9 Å². The number of nitrogens with one attached hydrogen (secondary N) is 1. The molecule has 2 rings (SSSR count). The molecule has 124 valence electrons. The van der Waals surface area contributed by atoms with E-state index in [9.17, 15) is 14.4 Å². The largest absolute Gasteiger partial charge is 0.453 e. The predicted octanol–water partition coefficient (Wildman–Crippen LogP) is 2.24. The minimum atomic E-state index is -0.861. The molecular formula is C17H22N2O4. The zero-order chi connectivity index (χ0) is 16.8. The van der Waals surface area contributed by atoms with Crippen LogP contribution >= 0.6 is 0 Å². The van der Waals surface area contributed by atoms with Crippen molar-refractivity contribution in [3.63, 3.8) is 0 Å². The Bertz CT molecular complexity index is 577. The molecule has 2 amide bonds. The van der Waals surface area contributed by atoms with E-state index in [1.54, 1.807) is 19.1 Å². The lowest BCUT2D eigenvalue weighted by molar-refractivity contribution is -0.154. The first-order valence-corrected chi connectivity index (χ1v) is 7.86. The van der Waals surface area contributed by atoms with Crippen molar-refractivity contribution in [2.75, 3.05) is 5.32 Å². The molecule has 0 saturated heterocycles. The molecule has 1 aromatic carbocycles. The molecule has 0 spiro atoms. The molecule has 0 aromatic heterocycles. The monoisotopic (exact) mass is 318 g/mol. The molecule has 0 heterocycles. The fourth-order valence-electron chi connectivity index (χ4n) is 2.71. The number of amides is 2. The van der Waals surface area contributed by atoms with Crippen LogP contribution in [0.25, 0.3) is 0 Å². The van der Waals surface area contributed by atoms with Gasteiger partial charge in [-0.2, -0.15) is 0 Å². The second kappa shape index (κ2) is 7.76. The minimum absolute atomic E-state index is 0.330. The summed E-state index contributed by atoms with van der Waals surface area (Å²) >= 11 is 0. The maximum Gasteiger partial charge on any atom is 0.306 e. The number of carbonyl (C=O) groups excluding carboxylic acids is 3.